The van der Waals surface area contributed by atoms with Crippen LogP contribution in [0.1, 0.15) is 37.9 Å². The summed E-state index contributed by atoms with van der Waals surface area (Å²) in [5.74, 6) is 0.359. The molecule has 3 saturated heterocycles. The number of nitrogens with zero attached hydrogens (tertiary/aromatic N) is 8. The fraction of sp³-hybridized carbons (Fsp3) is 0.342. The van der Waals surface area contributed by atoms with E-state index in [9.17, 15) is 4.79 Å². The normalized spacial score (nSPS) is 19.2. The second-order valence-corrected chi connectivity index (χ2v) is 13.8. The first-order valence-corrected chi connectivity index (χ1v) is 17.5. The van der Waals surface area contributed by atoms with E-state index < -0.39 is 5.82 Å². The van der Waals surface area contributed by atoms with Crippen LogP contribution < -0.4 is 4.74 Å². The van der Waals surface area contributed by atoms with Gasteiger partial charge in [-0.15, -0.1) is 0 Å². The molecule has 1 amide bonds. The number of carbonyl (C=O) groups is 1. The monoisotopic (exact) mass is 691 g/mol. The van der Waals surface area contributed by atoms with Crippen molar-refractivity contribution in [1.29, 1.82) is 0 Å². The average molecular weight is 692 g/mol. The molecule has 1 atom stereocenters. The third kappa shape index (κ3) is 6.09. The SMILES string of the molecule is C[N+](=CC1CCN(C(=O)/C=C/c2ncccn2)C1)c1nc(OCC23CCCN2CCC3)nc2c(F)c(-c3cccc4cccc(Cl)c34)ncc12. The zero-order valence-corrected chi connectivity index (χ0v) is 28.6. The summed E-state index contributed by atoms with van der Waals surface area (Å²) in [4.78, 5) is 39.7. The number of pyridine rings is 1. The van der Waals surface area contributed by atoms with E-state index in [1.165, 1.54) is 6.08 Å². The number of hydrogen-bond donors (Lipinski definition) is 0. The molecule has 8 rings (SSSR count). The summed E-state index contributed by atoms with van der Waals surface area (Å²) >= 11 is 6.63. The number of aromatic nitrogens is 5. The molecule has 254 valence electrons. The maximum absolute atomic E-state index is 16.8. The Labute approximate surface area is 294 Å². The topological polar surface area (TPSA) is 100 Å². The molecule has 0 N–H and O–H groups in total. The van der Waals surface area contributed by atoms with E-state index >= 15 is 4.39 Å². The van der Waals surface area contributed by atoms with Crippen LogP contribution >= 0.6 is 11.6 Å². The first-order valence-electron chi connectivity index (χ1n) is 17.1. The molecule has 0 bridgehead atoms. The molecule has 50 heavy (non-hydrogen) atoms. The molecule has 0 radical (unpaired) electrons. The van der Waals surface area contributed by atoms with Gasteiger partial charge in [-0.05, 0) is 68.8 Å². The van der Waals surface area contributed by atoms with Gasteiger partial charge in [-0.3, -0.25) is 14.7 Å². The summed E-state index contributed by atoms with van der Waals surface area (Å²) in [6, 6.07) is 13.1. The van der Waals surface area contributed by atoms with Gasteiger partial charge >= 0.3 is 11.8 Å². The molecular weight excluding hydrogens is 655 g/mol. The van der Waals surface area contributed by atoms with Crippen LogP contribution in [0.4, 0.5) is 10.2 Å². The van der Waals surface area contributed by atoms with Gasteiger partial charge in [-0.2, -0.15) is 4.98 Å². The molecular formula is C38H37ClFN8O2+. The van der Waals surface area contributed by atoms with Crippen molar-refractivity contribution in [2.24, 2.45) is 5.92 Å². The molecule has 0 aliphatic carbocycles. The Kier molecular flexibility index (Phi) is 8.70. The van der Waals surface area contributed by atoms with E-state index in [0.29, 0.717) is 47.3 Å². The molecule has 3 fully saturated rings. The third-order valence-corrected chi connectivity index (χ3v) is 10.6. The maximum Gasteiger partial charge on any atom is 0.434 e. The van der Waals surface area contributed by atoms with Crippen LogP contribution in [0.3, 0.4) is 0 Å². The predicted molar refractivity (Wildman–Crippen MR) is 191 cm³/mol. The number of ether oxygens (including phenoxy) is 1. The van der Waals surface area contributed by atoms with E-state index in [2.05, 4.69) is 24.8 Å². The number of likely N-dealkylation sites (tertiary alicyclic amines) is 1. The van der Waals surface area contributed by atoms with Gasteiger partial charge < -0.3 is 9.64 Å². The second-order valence-electron chi connectivity index (χ2n) is 13.4. The Balaban J connectivity index is 1.14. The molecule has 1 unspecified atom stereocenters. The minimum Gasteiger partial charge on any atom is -0.443 e. The molecule has 6 heterocycles. The molecule has 2 aromatic carbocycles. The maximum atomic E-state index is 16.8. The summed E-state index contributed by atoms with van der Waals surface area (Å²) in [5.41, 5.74) is 0.848. The van der Waals surface area contributed by atoms with Crippen molar-refractivity contribution in [3.05, 3.63) is 83.8 Å². The van der Waals surface area contributed by atoms with E-state index in [4.69, 9.17) is 21.3 Å². The molecule has 5 aromatic rings. The van der Waals surface area contributed by atoms with Crippen molar-refractivity contribution in [3.8, 4) is 17.3 Å². The van der Waals surface area contributed by atoms with Crippen LogP contribution in [-0.2, 0) is 4.79 Å². The molecule has 10 nitrogen and oxygen atoms in total. The van der Waals surface area contributed by atoms with Crippen molar-refractivity contribution in [2.45, 2.75) is 37.6 Å². The van der Waals surface area contributed by atoms with Gasteiger partial charge in [0.15, 0.2) is 11.6 Å². The number of halogens is 2. The average Bonchev–Trinajstić information content (AvgIpc) is 3.87. The summed E-state index contributed by atoms with van der Waals surface area (Å²) in [6.45, 7) is 3.73. The molecule has 3 aromatic heterocycles. The Bertz CT molecular complexity index is 2150. The molecule has 0 saturated carbocycles. The first kappa shape index (κ1) is 32.3. The predicted octanol–water partition coefficient (Wildman–Crippen LogP) is 6.34. The smallest absolute Gasteiger partial charge is 0.434 e. The van der Waals surface area contributed by atoms with Crippen molar-refractivity contribution in [3.63, 3.8) is 0 Å². The Morgan fingerprint density at radius 3 is 2.64 bits per heavy atom. The highest BCUT2D eigenvalue weighted by Crippen LogP contribution is 2.40. The van der Waals surface area contributed by atoms with Crippen LogP contribution in [0.15, 0.2) is 67.1 Å². The van der Waals surface area contributed by atoms with Crippen LogP contribution in [0.25, 0.3) is 39.0 Å². The first-order chi connectivity index (χ1) is 24.4. The van der Waals surface area contributed by atoms with Gasteiger partial charge in [0, 0.05) is 64.6 Å². The van der Waals surface area contributed by atoms with Crippen molar-refractivity contribution < 1.29 is 18.5 Å². The highest BCUT2D eigenvalue weighted by molar-refractivity contribution is 6.36. The van der Waals surface area contributed by atoms with Gasteiger partial charge in [0.1, 0.15) is 23.2 Å². The number of hydrogen-bond acceptors (Lipinski definition) is 8. The number of rotatable bonds is 8. The van der Waals surface area contributed by atoms with Crippen LogP contribution in [0, 0.1) is 11.7 Å². The van der Waals surface area contributed by atoms with Crippen LogP contribution in [0.5, 0.6) is 6.01 Å². The van der Waals surface area contributed by atoms with Gasteiger partial charge in [-0.1, -0.05) is 41.9 Å². The number of carbonyl (C=O) groups excluding carboxylic acids is 1. The fourth-order valence-corrected chi connectivity index (χ4v) is 8.12. The van der Waals surface area contributed by atoms with Gasteiger partial charge in [0.25, 0.3) is 0 Å². The highest BCUT2D eigenvalue weighted by atomic mass is 35.5. The van der Waals surface area contributed by atoms with Crippen LogP contribution in [0.2, 0.25) is 5.02 Å². The van der Waals surface area contributed by atoms with Crippen molar-refractivity contribution in [2.75, 3.05) is 39.8 Å². The van der Waals surface area contributed by atoms with Gasteiger partial charge in [-0.25, -0.2) is 18.9 Å². The fourth-order valence-electron chi connectivity index (χ4n) is 7.84. The third-order valence-electron chi connectivity index (χ3n) is 10.3. The Morgan fingerprint density at radius 1 is 1.06 bits per heavy atom. The Morgan fingerprint density at radius 2 is 1.84 bits per heavy atom. The van der Waals surface area contributed by atoms with E-state index in [-0.39, 0.29) is 34.6 Å². The molecule has 3 aliphatic rings. The standard InChI is InChI=1S/C38H37ClFN8O2/c1-46(22-25-13-20-47(23-25)31(49)12-11-30-41-16-6-17-42-30)36-28-21-43-34(27-9-2-7-26-8-3-10-29(39)32(26)27)33(40)35(28)44-37(45-36)50-24-38-14-4-18-48(38)19-5-15-38/h2-3,6-12,16-17,21-22,25H,4-5,13-15,18-20,23-24H2,1H3/q+1/b12-11+,46-22?. The zero-order chi connectivity index (χ0) is 34.2. The van der Waals surface area contributed by atoms with Gasteiger partial charge in [0.05, 0.1) is 18.8 Å². The lowest BCUT2D eigenvalue weighted by atomic mass is 9.95. The Hall–Kier alpha value is -4.87. The highest BCUT2D eigenvalue weighted by Gasteiger charge is 2.45. The number of fused-ring (bicyclic) bond motifs is 3. The number of benzene rings is 2. The molecule has 12 heteroatoms. The lowest BCUT2D eigenvalue weighted by molar-refractivity contribution is -0.405. The summed E-state index contributed by atoms with van der Waals surface area (Å²) in [7, 11) is 1.88. The minimum atomic E-state index is -0.565. The van der Waals surface area contributed by atoms with Gasteiger partial charge in [0.2, 0.25) is 5.91 Å². The minimum absolute atomic E-state index is 0.0287. The van der Waals surface area contributed by atoms with E-state index in [1.807, 2.05) is 48.2 Å². The van der Waals surface area contributed by atoms with Crippen molar-refractivity contribution >= 4 is 57.3 Å². The van der Waals surface area contributed by atoms with Crippen LogP contribution in [-0.4, -0.2) is 96.8 Å². The largest absolute Gasteiger partial charge is 0.443 e. The molecule has 0 spiro atoms. The lowest BCUT2D eigenvalue weighted by Crippen LogP contribution is -2.43. The lowest BCUT2D eigenvalue weighted by Gasteiger charge is -2.30. The van der Waals surface area contributed by atoms with Crippen molar-refractivity contribution in [1.82, 2.24) is 34.7 Å². The second kappa shape index (κ2) is 13.4. The zero-order valence-electron chi connectivity index (χ0n) is 27.8. The van der Waals surface area contributed by atoms with E-state index in [0.717, 1.165) is 56.0 Å². The summed E-state index contributed by atoms with van der Waals surface area (Å²) in [5, 5.41) is 2.60. The van der Waals surface area contributed by atoms with E-state index in [1.54, 1.807) is 41.7 Å². The summed E-state index contributed by atoms with van der Waals surface area (Å²) < 4.78 is 25.1. The summed E-state index contributed by atoms with van der Waals surface area (Å²) in [6.07, 6.45) is 15.3. The molecule has 3 aliphatic heterocycles. The quantitative estimate of drug-likeness (QED) is 0.106. The number of amides is 1.